The van der Waals surface area contributed by atoms with Crippen LogP contribution in [-0.4, -0.2) is 36.1 Å². The number of piperidine rings is 3. The van der Waals surface area contributed by atoms with Crippen LogP contribution >= 0.6 is 0 Å². The van der Waals surface area contributed by atoms with Crippen LogP contribution < -0.4 is 10.6 Å². The van der Waals surface area contributed by atoms with Gasteiger partial charge in [-0.3, -0.25) is 0 Å². The van der Waals surface area contributed by atoms with Crippen molar-refractivity contribution in [2.45, 2.75) is 58.5 Å². The number of benzene rings is 2. The fraction of sp³-hybridized carbons (Fsp3) is 0.500. The van der Waals surface area contributed by atoms with Crippen LogP contribution in [0.15, 0.2) is 42.5 Å². The average Bonchev–Trinajstić information content (AvgIpc) is 2.70. The van der Waals surface area contributed by atoms with Crippen molar-refractivity contribution in [2.24, 2.45) is 5.92 Å². The third kappa shape index (κ3) is 3.98. The van der Waals surface area contributed by atoms with E-state index in [1.807, 2.05) is 0 Å². The molecule has 3 heterocycles. The molecule has 2 aromatic carbocycles. The predicted molar refractivity (Wildman–Crippen MR) is 124 cm³/mol. The van der Waals surface area contributed by atoms with Crippen LogP contribution in [0.1, 0.15) is 50.3 Å². The number of hydrogen-bond acceptors (Lipinski definition) is 2. The van der Waals surface area contributed by atoms with Gasteiger partial charge in [0, 0.05) is 6.54 Å². The van der Waals surface area contributed by atoms with E-state index in [0.29, 0.717) is 5.92 Å². The Kier molecular flexibility index (Phi) is 5.39. The molecular weight excluding hydrogens is 370 g/mol. The summed E-state index contributed by atoms with van der Waals surface area (Å²) in [6, 6.07) is 14.9. The van der Waals surface area contributed by atoms with Crippen LogP contribution in [0.4, 0.5) is 4.79 Å². The number of nitrogens with zero attached hydrogens (tertiary/aromatic N) is 1. The van der Waals surface area contributed by atoms with Crippen LogP contribution in [0.2, 0.25) is 0 Å². The Hall–Kier alpha value is -2.33. The van der Waals surface area contributed by atoms with Crippen molar-refractivity contribution < 1.29 is 4.79 Å². The first kappa shape index (κ1) is 20.9. The van der Waals surface area contributed by atoms with Gasteiger partial charge in [-0.2, -0.15) is 0 Å². The number of aryl methyl sites for hydroxylation is 1. The van der Waals surface area contributed by atoms with Crippen molar-refractivity contribution in [3.63, 3.8) is 0 Å². The monoisotopic (exact) mass is 405 g/mol. The highest BCUT2D eigenvalue weighted by Crippen LogP contribution is 2.35. The minimum Gasteiger partial charge on any atom is -0.331 e. The molecule has 0 aliphatic carbocycles. The van der Waals surface area contributed by atoms with E-state index < -0.39 is 5.54 Å². The third-order valence-electron chi connectivity index (χ3n) is 7.39. The first-order valence-corrected chi connectivity index (χ1v) is 11.2. The van der Waals surface area contributed by atoms with E-state index in [9.17, 15) is 4.79 Å². The van der Waals surface area contributed by atoms with E-state index >= 15 is 0 Å². The van der Waals surface area contributed by atoms with E-state index in [1.165, 1.54) is 48.2 Å². The number of amides is 2. The Morgan fingerprint density at radius 3 is 2.33 bits per heavy atom. The summed E-state index contributed by atoms with van der Waals surface area (Å²) in [5.41, 5.74) is 5.60. The fourth-order valence-electron chi connectivity index (χ4n) is 5.24. The average molecular weight is 406 g/mol. The Labute approximate surface area is 181 Å². The number of rotatable bonds is 4. The second-order valence-corrected chi connectivity index (χ2v) is 10.00. The van der Waals surface area contributed by atoms with Crippen LogP contribution in [0, 0.1) is 19.8 Å². The zero-order valence-electron chi connectivity index (χ0n) is 19.0. The molecule has 2 bridgehead atoms. The third-order valence-corrected chi connectivity index (χ3v) is 7.39. The lowest BCUT2D eigenvalue weighted by Crippen LogP contribution is -2.67. The van der Waals surface area contributed by atoms with E-state index in [-0.39, 0.29) is 11.6 Å². The summed E-state index contributed by atoms with van der Waals surface area (Å²) in [4.78, 5) is 15.4. The maximum atomic E-state index is 12.9. The van der Waals surface area contributed by atoms with Crippen molar-refractivity contribution in [1.82, 2.24) is 15.5 Å². The molecule has 3 aliphatic heterocycles. The SMILES string of the molecule is Cc1cccc(-c2ccc(C(C)(C)NC(=O)NC3(C)CN4CCC3CC4)cc2)c1C. The smallest absolute Gasteiger partial charge is 0.315 e. The molecule has 0 radical (unpaired) electrons. The summed E-state index contributed by atoms with van der Waals surface area (Å²) in [5.74, 6) is 0.577. The lowest BCUT2D eigenvalue weighted by Gasteiger charge is -2.52. The maximum absolute atomic E-state index is 12.9. The molecule has 2 N–H and O–H groups in total. The van der Waals surface area contributed by atoms with Crippen LogP contribution in [0.5, 0.6) is 0 Å². The van der Waals surface area contributed by atoms with Crippen LogP contribution in [0.3, 0.4) is 0 Å². The molecule has 4 nitrogen and oxygen atoms in total. The highest BCUT2D eigenvalue weighted by molar-refractivity contribution is 5.76. The van der Waals surface area contributed by atoms with Gasteiger partial charge in [0.25, 0.3) is 0 Å². The zero-order chi connectivity index (χ0) is 21.5. The van der Waals surface area contributed by atoms with Gasteiger partial charge in [0.05, 0.1) is 11.1 Å². The van der Waals surface area contributed by atoms with Gasteiger partial charge in [0.15, 0.2) is 0 Å². The molecule has 0 aromatic heterocycles. The number of carbonyl (C=O) groups excluding carboxylic acids is 1. The largest absolute Gasteiger partial charge is 0.331 e. The maximum Gasteiger partial charge on any atom is 0.315 e. The molecule has 1 unspecified atom stereocenters. The minimum absolute atomic E-state index is 0.0742. The van der Waals surface area contributed by atoms with Gasteiger partial charge in [0.2, 0.25) is 0 Å². The molecule has 4 heteroatoms. The number of hydrogen-bond donors (Lipinski definition) is 2. The normalized spacial score (nSPS) is 25.8. The van der Waals surface area contributed by atoms with Gasteiger partial charge in [-0.1, -0.05) is 42.5 Å². The van der Waals surface area contributed by atoms with Crippen molar-refractivity contribution >= 4 is 6.03 Å². The molecule has 2 aromatic rings. The highest BCUT2D eigenvalue weighted by atomic mass is 16.2. The Morgan fingerprint density at radius 1 is 1.07 bits per heavy atom. The summed E-state index contributed by atoms with van der Waals surface area (Å²) in [5, 5.41) is 6.53. The van der Waals surface area contributed by atoms with E-state index in [1.54, 1.807) is 0 Å². The highest BCUT2D eigenvalue weighted by Gasteiger charge is 2.44. The topological polar surface area (TPSA) is 44.4 Å². The minimum atomic E-state index is -0.450. The van der Waals surface area contributed by atoms with E-state index in [2.05, 4.69) is 92.6 Å². The summed E-state index contributed by atoms with van der Waals surface area (Å²) in [6.07, 6.45) is 2.36. The summed E-state index contributed by atoms with van der Waals surface area (Å²) in [7, 11) is 0. The molecule has 0 saturated carbocycles. The summed E-state index contributed by atoms with van der Waals surface area (Å²) >= 11 is 0. The van der Waals surface area contributed by atoms with Gasteiger partial charge in [0.1, 0.15) is 0 Å². The summed E-state index contributed by atoms with van der Waals surface area (Å²) in [6.45, 7) is 13.9. The molecule has 3 fully saturated rings. The van der Waals surface area contributed by atoms with Crippen molar-refractivity contribution in [3.8, 4) is 11.1 Å². The zero-order valence-corrected chi connectivity index (χ0v) is 19.0. The first-order chi connectivity index (χ1) is 14.2. The van der Waals surface area contributed by atoms with Gasteiger partial charge >= 0.3 is 6.03 Å². The number of carbonyl (C=O) groups is 1. The second kappa shape index (κ2) is 7.73. The molecule has 3 saturated heterocycles. The lowest BCUT2D eigenvalue weighted by atomic mass is 9.74. The number of urea groups is 1. The number of fused-ring (bicyclic) bond motifs is 3. The van der Waals surface area contributed by atoms with Crippen molar-refractivity contribution in [3.05, 3.63) is 59.2 Å². The quantitative estimate of drug-likeness (QED) is 0.753. The van der Waals surface area contributed by atoms with Gasteiger partial charge in [-0.05, 0) is 94.3 Å². The van der Waals surface area contributed by atoms with Gasteiger partial charge < -0.3 is 15.5 Å². The second-order valence-electron chi connectivity index (χ2n) is 10.00. The molecule has 0 spiro atoms. The van der Waals surface area contributed by atoms with Crippen LogP contribution in [0.25, 0.3) is 11.1 Å². The van der Waals surface area contributed by atoms with Crippen LogP contribution in [-0.2, 0) is 5.54 Å². The van der Waals surface area contributed by atoms with E-state index in [4.69, 9.17) is 0 Å². The molecule has 3 aliphatic rings. The first-order valence-electron chi connectivity index (χ1n) is 11.2. The fourth-order valence-corrected chi connectivity index (χ4v) is 5.24. The Balaban J connectivity index is 1.45. The predicted octanol–water partition coefficient (Wildman–Crippen LogP) is 4.99. The molecular formula is C26H35N3O. The lowest BCUT2D eigenvalue weighted by molar-refractivity contribution is 0.0224. The standard InChI is InChI=1S/C26H35N3O/c1-18-7-6-8-23(19(18)2)20-9-11-21(12-10-20)25(3,4)27-24(30)28-26(5)17-29-15-13-22(26)14-16-29/h6-12,22H,13-17H2,1-5H3,(H2,27,28,30). The summed E-state index contributed by atoms with van der Waals surface area (Å²) < 4.78 is 0. The number of nitrogens with one attached hydrogen (secondary N) is 2. The molecule has 1 atom stereocenters. The van der Waals surface area contributed by atoms with E-state index in [0.717, 1.165) is 12.1 Å². The molecule has 160 valence electrons. The molecule has 5 rings (SSSR count). The van der Waals surface area contributed by atoms with Gasteiger partial charge in [-0.15, -0.1) is 0 Å². The Bertz CT molecular complexity index is 926. The Morgan fingerprint density at radius 2 is 1.73 bits per heavy atom. The van der Waals surface area contributed by atoms with Crippen molar-refractivity contribution in [1.29, 1.82) is 0 Å². The molecule has 2 amide bonds. The van der Waals surface area contributed by atoms with Crippen molar-refractivity contribution in [2.75, 3.05) is 19.6 Å². The molecule has 30 heavy (non-hydrogen) atoms. The van der Waals surface area contributed by atoms with Gasteiger partial charge in [-0.25, -0.2) is 4.79 Å².